The molecule has 1 aliphatic heterocycles. The standard InChI is InChI=1S/C38H59N3O12/c1-9-11-23(2)12-10-13-24(3)14-15-25(4)41-53-38(7,8)22-50-37(5,6)18-19-40-33(45)27-20-26(21-49-36(39)48)16-17-28(27)51-35-31(44)29(42)30(43)32(52-35)34(46)47/h11,13,16-17,20,29-32,35,42-44H,9-10,12,14-15,18-19,21-22H2,1-8H3,(H2,39,48)(H,40,45)(H,46,47)/b23-11+,24-13+,41-25+/t29-,30-,31+,32-,35+/m0/s1. The van der Waals surface area contributed by atoms with E-state index in [1.807, 2.05) is 34.6 Å². The Morgan fingerprint density at radius 1 is 0.962 bits per heavy atom. The number of hydrogen-bond acceptors (Lipinski definition) is 12. The Morgan fingerprint density at radius 2 is 1.64 bits per heavy atom. The molecule has 298 valence electrons. The van der Waals surface area contributed by atoms with Crippen molar-refractivity contribution >= 4 is 23.7 Å². The number of nitrogens with two attached hydrogens (primary N) is 1. The molecule has 0 unspecified atom stereocenters. The molecule has 53 heavy (non-hydrogen) atoms. The first-order valence-electron chi connectivity index (χ1n) is 17.8. The summed E-state index contributed by atoms with van der Waals surface area (Å²) in [6, 6.07) is 4.13. The second-order valence-electron chi connectivity index (χ2n) is 14.6. The molecule has 1 fully saturated rings. The molecule has 1 aromatic rings. The van der Waals surface area contributed by atoms with Crippen molar-refractivity contribution in [1.82, 2.24) is 5.32 Å². The lowest BCUT2D eigenvalue weighted by molar-refractivity contribution is -0.271. The Kier molecular flexibility index (Phi) is 17.9. The number of ether oxygens (including phenoxy) is 4. The molecule has 1 heterocycles. The second-order valence-corrected chi connectivity index (χ2v) is 14.6. The summed E-state index contributed by atoms with van der Waals surface area (Å²) in [6.45, 7) is 16.0. The molecule has 15 heteroatoms. The number of amides is 2. The van der Waals surface area contributed by atoms with Crippen molar-refractivity contribution < 1.29 is 58.6 Å². The van der Waals surface area contributed by atoms with E-state index in [0.717, 1.165) is 37.8 Å². The van der Waals surface area contributed by atoms with E-state index in [1.54, 1.807) is 0 Å². The Bertz CT molecular complexity index is 1470. The Labute approximate surface area is 312 Å². The zero-order chi connectivity index (χ0) is 39.9. The molecule has 0 spiro atoms. The lowest BCUT2D eigenvalue weighted by atomic mass is 9.99. The molecule has 0 aliphatic carbocycles. The largest absolute Gasteiger partial charge is 0.479 e. The average Bonchev–Trinajstić information content (AvgIpc) is 3.08. The summed E-state index contributed by atoms with van der Waals surface area (Å²) in [5.41, 5.74) is 7.55. The van der Waals surface area contributed by atoms with Crippen molar-refractivity contribution in [2.75, 3.05) is 13.2 Å². The highest BCUT2D eigenvalue weighted by Gasteiger charge is 2.48. The number of aliphatic hydroxyl groups excluding tert-OH is 3. The van der Waals surface area contributed by atoms with Crippen LogP contribution in [0.1, 0.15) is 110 Å². The molecule has 2 amide bonds. The fourth-order valence-corrected chi connectivity index (χ4v) is 5.14. The number of carbonyl (C=O) groups is 3. The quantitative estimate of drug-likeness (QED) is 0.0580. The molecule has 0 aromatic heterocycles. The molecule has 15 nitrogen and oxygen atoms in total. The molecule has 1 saturated heterocycles. The SMILES string of the molecule is CC/C=C(\C)CC/C=C(\C)CC/C(C)=N/OC(C)(C)COC(C)(C)CCNC(=O)c1cc(COC(N)=O)ccc1O[C@@H]1O[C@H](C(=O)O)[C@@H](O)[C@H](O)[C@H]1O. The molecule has 2 rings (SSSR count). The number of carboxylic acid groups (broad SMARTS) is 1. The molecular formula is C38H59N3O12. The van der Waals surface area contributed by atoms with Crippen LogP contribution in [0.2, 0.25) is 0 Å². The zero-order valence-corrected chi connectivity index (χ0v) is 32.2. The summed E-state index contributed by atoms with van der Waals surface area (Å²) < 4.78 is 21.9. The van der Waals surface area contributed by atoms with Crippen LogP contribution >= 0.6 is 0 Å². The number of rotatable bonds is 21. The smallest absolute Gasteiger partial charge is 0.404 e. The van der Waals surface area contributed by atoms with Crippen molar-refractivity contribution in [1.29, 1.82) is 0 Å². The van der Waals surface area contributed by atoms with E-state index in [4.69, 9.17) is 29.5 Å². The molecule has 0 bridgehead atoms. The van der Waals surface area contributed by atoms with Crippen LogP contribution in [0, 0.1) is 0 Å². The molecule has 0 radical (unpaired) electrons. The maximum atomic E-state index is 13.4. The van der Waals surface area contributed by atoms with Gasteiger partial charge in [0.05, 0.1) is 23.5 Å². The minimum absolute atomic E-state index is 0.0785. The lowest BCUT2D eigenvalue weighted by Gasteiger charge is -2.38. The first-order valence-corrected chi connectivity index (χ1v) is 17.8. The highest BCUT2D eigenvalue weighted by atomic mass is 16.7. The number of oxime groups is 1. The molecule has 1 aliphatic rings. The maximum Gasteiger partial charge on any atom is 0.404 e. The van der Waals surface area contributed by atoms with Gasteiger partial charge in [-0.3, -0.25) is 4.79 Å². The minimum Gasteiger partial charge on any atom is -0.479 e. The first kappa shape index (κ1) is 45.1. The number of carboxylic acids is 1. The number of allylic oxidation sites excluding steroid dienone is 4. The molecular weight excluding hydrogens is 690 g/mol. The first-order chi connectivity index (χ1) is 24.7. The normalized spacial score (nSPS) is 21.6. The van der Waals surface area contributed by atoms with E-state index >= 15 is 0 Å². The van der Waals surface area contributed by atoms with Gasteiger partial charge in [-0.1, -0.05) is 41.4 Å². The summed E-state index contributed by atoms with van der Waals surface area (Å²) in [6.07, 6.45) is -0.624. The van der Waals surface area contributed by atoms with Gasteiger partial charge in [0.2, 0.25) is 6.29 Å². The fourth-order valence-electron chi connectivity index (χ4n) is 5.14. The minimum atomic E-state index is -1.92. The number of nitrogens with one attached hydrogen (secondary N) is 1. The maximum absolute atomic E-state index is 13.4. The highest BCUT2D eigenvalue weighted by Crippen LogP contribution is 2.28. The summed E-state index contributed by atoms with van der Waals surface area (Å²) in [5, 5.41) is 47.1. The zero-order valence-electron chi connectivity index (χ0n) is 32.2. The van der Waals surface area contributed by atoms with Crippen LogP contribution in [0.25, 0.3) is 0 Å². The van der Waals surface area contributed by atoms with Crippen LogP contribution in [0.15, 0.2) is 46.7 Å². The second kappa shape index (κ2) is 21.0. The van der Waals surface area contributed by atoms with Gasteiger partial charge in [0, 0.05) is 6.54 Å². The van der Waals surface area contributed by atoms with Crippen LogP contribution in [-0.2, 0) is 30.4 Å². The van der Waals surface area contributed by atoms with Gasteiger partial charge in [0.25, 0.3) is 5.91 Å². The predicted molar refractivity (Wildman–Crippen MR) is 197 cm³/mol. The van der Waals surface area contributed by atoms with Crippen molar-refractivity contribution in [3.05, 3.63) is 52.6 Å². The van der Waals surface area contributed by atoms with E-state index in [9.17, 15) is 34.8 Å². The Balaban J connectivity index is 1.99. The van der Waals surface area contributed by atoms with Gasteiger partial charge in [-0.05, 0) is 105 Å². The third-order valence-corrected chi connectivity index (χ3v) is 8.46. The van der Waals surface area contributed by atoms with Crippen molar-refractivity contribution in [2.45, 2.75) is 142 Å². The van der Waals surface area contributed by atoms with Crippen LogP contribution in [0.4, 0.5) is 4.79 Å². The van der Waals surface area contributed by atoms with Crippen LogP contribution in [-0.4, -0.2) is 99.2 Å². The van der Waals surface area contributed by atoms with Crippen molar-refractivity contribution in [3.8, 4) is 5.75 Å². The van der Waals surface area contributed by atoms with E-state index < -0.39 is 59.9 Å². The van der Waals surface area contributed by atoms with E-state index in [0.29, 0.717) is 12.0 Å². The number of nitrogens with zero attached hydrogens (tertiary/aromatic N) is 1. The third kappa shape index (κ3) is 15.9. The van der Waals surface area contributed by atoms with Gasteiger partial charge >= 0.3 is 12.1 Å². The topological polar surface area (TPSA) is 229 Å². The lowest BCUT2D eigenvalue weighted by Crippen LogP contribution is -2.61. The van der Waals surface area contributed by atoms with Crippen molar-refractivity contribution in [2.24, 2.45) is 10.9 Å². The van der Waals surface area contributed by atoms with E-state index in [1.165, 1.54) is 29.3 Å². The molecule has 0 saturated carbocycles. The van der Waals surface area contributed by atoms with Gasteiger partial charge in [-0.25, -0.2) is 9.59 Å². The molecule has 1 aromatic carbocycles. The summed E-state index contributed by atoms with van der Waals surface area (Å²) in [4.78, 5) is 42.0. The highest BCUT2D eigenvalue weighted by molar-refractivity contribution is 5.97. The monoisotopic (exact) mass is 749 g/mol. The molecule has 5 atom stereocenters. The summed E-state index contributed by atoms with van der Waals surface area (Å²) >= 11 is 0. The van der Waals surface area contributed by atoms with Gasteiger partial charge in [0.1, 0.15) is 30.7 Å². The van der Waals surface area contributed by atoms with Crippen LogP contribution in [0.5, 0.6) is 5.75 Å². The third-order valence-electron chi connectivity index (χ3n) is 8.46. The van der Waals surface area contributed by atoms with Gasteiger partial charge in [-0.2, -0.15) is 0 Å². The number of primary amides is 1. The Morgan fingerprint density at radius 3 is 2.28 bits per heavy atom. The predicted octanol–water partition coefficient (Wildman–Crippen LogP) is 4.50. The van der Waals surface area contributed by atoms with Crippen LogP contribution in [0.3, 0.4) is 0 Å². The van der Waals surface area contributed by atoms with Crippen LogP contribution < -0.4 is 15.8 Å². The number of carbonyl (C=O) groups excluding carboxylic acids is 2. The number of hydrogen-bond donors (Lipinski definition) is 6. The molecule has 7 N–H and O–H groups in total. The number of benzene rings is 1. The summed E-state index contributed by atoms with van der Waals surface area (Å²) in [5.74, 6) is -2.36. The van der Waals surface area contributed by atoms with Gasteiger partial charge in [-0.15, -0.1) is 0 Å². The van der Waals surface area contributed by atoms with E-state index in [-0.39, 0.29) is 31.1 Å². The van der Waals surface area contributed by atoms with Crippen molar-refractivity contribution in [3.63, 3.8) is 0 Å². The fraction of sp³-hybridized carbons (Fsp3) is 0.632. The number of aliphatic carboxylic acids is 1. The van der Waals surface area contributed by atoms with Gasteiger partial charge in [0.15, 0.2) is 11.7 Å². The number of aliphatic hydroxyl groups is 3. The average molecular weight is 750 g/mol. The van der Waals surface area contributed by atoms with E-state index in [2.05, 4.69) is 43.4 Å². The Hall–Kier alpha value is -4.02. The van der Waals surface area contributed by atoms with Gasteiger partial charge < -0.3 is 55.3 Å². The summed E-state index contributed by atoms with van der Waals surface area (Å²) in [7, 11) is 0.